The van der Waals surface area contributed by atoms with Crippen molar-refractivity contribution in [3.05, 3.63) is 29.8 Å². The van der Waals surface area contributed by atoms with Crippen molar-refractivity contribution in [2.75, 3.05) is 20.3 Å². The third kappa shape index (κ3) is 6.13. The standard InChI is InChI=1S/C14H15NO4/c1-11(16)15-9-3-4-12-5-7-13(8-6-12)19-10-14(17)18-2/h5-8H,9-10H2,1-2H3,(H,15,16). The molecule has 100 valence electrons. The third-order valence-electron chi connectivity index (χ3n) is 2.10. The highest BCUT2D eigenvalue weighted by atomic mass is 16.6. The molecule has 0 aliphatic heterocycles. The van der Waals surface area contributed by atoms with Crippen LogP contribution < -0.4 is 10.1 Å². The predicted octanol–water partition coefficient (Wildman–Crippen LogP) is 0.726. The lowest BCUT2D eigenvalue weighted by Gasteiger charge is -2.04. The number of hydrogen-bond donors (Lipinski definition) is 1. The van der Waals surface area contributed by atoms with Gasteiger partial charge >= 0.3 is 5.97 Å². The van der Waals surface area contributed by atoms with E-state index in [1.165, 1.54) is 14.0 Å². The van der Waals surface area contributed by atoms with Crippen molar-refractivity contribution in [1.29, 1.82) is 0 Å². The van der Waals surface area contributed by atoms with Gasteiger partial charge in [-0.25, -0.2) is 4.79 Å². The SMILES string of the molecule is COC(=O)COc1ccc(C#CCNC(C)=O)cc1. The molecule has 0 atom stereocenters. The van der Waals surface area contributed by atoms with Crippen molar-refractivity contribution in [1.82, 2.24) is 5.32 Å². The normalized spacial score (nSPS) is 8.95. The van der Waals surface area contributed by atoms with Gasteiger partial charge in [-0.15, -0.1) is 0 Å². The van der Waals surface area contributed by atoms with E-state index in [0.717, 1.165) is 5.56 Å². The van der Waals surface area contributed by atoms with Crippen LogP contribution in [0.3, 0.4) is 0 Å². The van der Waals surface area contributed by atoms with Gasteiger partial charge in [-0.05, 0) is 24.3 Å². The topological polar surface area (TPSA) is 64.6 Å². The Balaban J connectivity index is 2.47. The summed E-state index contributed by atoms with van der Waals surface area (Å²) in [7, 11) is 1.31. The lowest BCUT2D eigenvalue weighted by Crippen LogP contribution is -2.19. The van der Waals surface area contributed by atoms with Crippen LogP contribution in [0.25, 0.3) is 0 Å². The van der Waals surface area contributed by atoms with E-state index in [4.69, 9.17) is 4.74 Å². The molecule has 1 aromatic carbocycles. The Morgan fingerprint density at radius 1 is 1.26 bits per heavy atom. The molecule has 0 fully saturated rings. The molecule has 1 amide bonds. The number of ether oxygens (including phenoxy) is 2. The molecule has 0 aliphatic carbocycles. The minimum Gasteiger partial charge on any atom is -0.482 e. The molecule has 1 aromatic rings. The van der Waals surface area contributed by atoms with Gasteiger partial charge in [0.25, 0.3) is 0 Å². The Hall–Kier alpha value is -2.48. The number of nitrogens with one attached hydrogen (secondary N) is 1. The van der Waals surface area contributed by atoms with Gasteiger partial charge in [-0.3, -0.25) is 4.79 Å². The van der Waals surface area contributed by atoms with Gasteiger partial charge in [0.15, 0.2) is 6.61 Å². The number of carbonyl (C=O) groups excluding carboxylic acids is 2. The molecule has 1 rings (SSSR count). The maximum atomic E-state index is 10.9. The van der Waals surface area contributed by atoms with Gasteiger partial charge < -0.3 is 14.8 Å². The number of hydrogen-bond acceptors (Lipinski definition) is 4. The van der Waals surface area contributed by atoms with Gasteiger partial charge in [0, 0.05) is 12.5 Å². The Kier molecular flexibility index (Phi) is 5.96. The second kappa shape index (κ2) is 7.77. The summed E-state index contributed by atoms with van der Waals surface area (Å²) in [5.41, 5.74) is 0.802. The van der Waals surface area contributed by atoms with Crippen molar-refractivity contribution in [3.8, 4) is 17.6 Å². The summed E-state index contributed by atoms with van der Waals surface area (Å²) in [5.74, 6) is 5.73. The van der Waals surface area contributed by atoms with Crippen molar-refractivity contribution in [2.45, 2.75) is 6.92 Å². The van der Waals surface area contributed by atoms with Crippen molar-refractivity contribution in [2.24, 2.45) is 0 Å². The van der Waals surface area contributed by atoms with Crippen LogP contribution in [0.2, 0.25) is 0 Å². The first-order chi connectivity index (χ1) is 9.11. The predicted molar refractivity (Wildman–Crippen MR) is 69.5 cm³/mol. The Bertz CT molecular complexity index is 496. The smallest absolute Gasteiger partial charge is 0.343 e. The van der Waals surface area contributed by atoms with Crippen molar-refractivity contribution >= 4 is 11.9 Å². The number of amides is 1. The minimum atomic E-state index is -0.431. The van der Waals surface area contributed by atoms with E-state index in [1.54, 1.807) is 24.3 Å². The molecule has 0 unspecified atom stereocenters. The lowest BCUT2D eigenvalue weighted by atomic mass is 10.2. The van der Waals surface area contributed by atoms with Crippen LogP contribution >= 0.6 is 0 Å². The largest absolute Gasteiger partial charge is 0.482 e. The number of rotatable bonds is 4. The molecule has 0 spiro atoms. The summed E-state index contributed by atoms with van der Waals surface area (Å²) in [6.45, 7) is 1.63. The molecule has 0 heterocycles. The second-order valence-electron chi connectivity index (χ2n) is 3.60. The van der Waals surface area contributed by atoms with Gasteiger partial charge in [0.1, 0.15) is 5.75 Å². The quantitative estimate of drug-likeness (QED) is 0.641. The fourth-order valence-electron chi connectivity index (χ4n) is 1.15. The van der Waals surface area contributed by atoms with Crippen LogP contribution in [-0.4, -0.2) is 32.1 Å². The Morgan fingerprint density at radius 3 is 2.53 bits per heavy atom. The third-order valence-corrected chi connectivity index (χ3v) is 2.10. The van der Waals surface area contributed by atoms with Crippen LogP contribution in [0.4, 0.5) is 0 Å². The molecule has 5 heteroatoms. The number of carbonyl (C=O) groups is 2. The molecular formula is C14H15NO4. The van der Waals surface area contributed by atoms with Gasteiger partial charge in [0.05, 0.1) is 13.7 Å². The average Bonchev–Trinajstić information content (AvgIpc) is 2.42. The summed E-state index contributed by atoms with van der Waals surface area (Å²) >= 11 is 0. The van der Waals surface area contributed by atoms with E-state index in [-0.39, 0.29) is 12.5 Å². The van der Waals surface area contributed by atoms with E-state index < -0.39 is 5.97 Å². The molecule has 5 nitrogen and oxygen atoms in total. The Labute approximate surface area is 111 Å². The first-order valence-electron chi connectivity index (χ1n) is 5.65. The second-order valence-corrected chi connectivity index (χ2v) is 3.60. The van der Waals surface area contributed by atoms with E-state index in [0.29, 0.717) is 12.3 Å². The van der Waals surface area contributed by atoms with Crippen LogP contribution in [0.5, 0.6) is 5.75 Å². The van der Waals surface area contributed by atoms with E-state index in [2.05, 4.69) is 21.9 Å². The lowest BCUT2D eigenvalue weighted by molar-refractivity contribution is -0.142. The molecule has 0 saturated heterocycles. The number of benzene rings is 1. The highest BCUT2D eigenvalue weighted by Gasteiger charge is 2.00. The zero-order valence-electron chi connectivity index (χ0n) is 10.9. The maximum Gasteiger partial charge on any atom is 0.343 e. The van der Waals surface area contributed by atoms with Crippen LogP contribution in [0.15, 0.2) is 24.3 Å². The average molecular weight is 261 g/mol. The summed E-state index contributed by atoms with van der Waals surface area (Å²) in [5, 5.41) is 2.58. The fraction of sp³-hybridized carbons (Fsp3) is 0.286. The molecule has 0 radical (unpaired) electrons. The van der Waals surface area contributed by atoms with E-state index in [1.807, 2.05) is 0 Å². The van der Waals surface area contributed by atoms with Gasteiger partial charge in [-0.2, -0.15) is 0 Å². The monoisotopic (exact) mass is 261 g/mol. The first kappa shape index (κ1) is 14.6. The van der Waals surface area contributed by atoms with Crippen LogP contribution in [0.1, 0.15) is 12.5 Å². The summed E-state index contributed by atoms with van der Waals surface area (Å²) < 4.78 is 9.65. The van der Waals surface area contributed by atoms with E-state index >= 15 is 0 Å². The molecule has 0 bridgehead atoms. The minimum absolute atomic E-state index is 0.110. The summed E-state index contributed by atoms with van der Waals surface area (Å²) in [6.07, 6.45) is 0. The zero-order chi connectivity index (χ0) is 14.1. The molecular weight excluding hydrogens is 246 g/mol. The fourth-order valence-corrected chi connectivity index (χ4v) is 1.15. The molecule has 19 heavy (non-hydrogen) atoms. The molecule has 0 aliphatic rings. The Morgan fingerprint density at radius 2 is 1.95 bits per heavy atom. The molecule has 0 saturated carbocycles. The highest BCUT2D eigenvalue weighted by molar-refractivity contribution is 5.73. The summed E-state index contributed by atoms with van der Waals surface area (Å²) in [4.78, 5) is 21.5. The first-order valence-corrected chi connectivity index (χ1v) is 5.65. The summed E-state index contributed by atoms with van der Waals surface area (Å²) in [6, 6.07) is 6.97. The van der Waals surface area contributed by atoms with Gasteiger partial charge in [-0.1, -0.05) is 11.8 Å². The van der Waals surface area contributed by atoms with Crippen molar-refractivity contribution in [3.63, 3.8) is 0 Å². The number of methoxy groups -OCH3 is 1. The van der Waals surface area contributed by atoms with E-state index in [9.17, 15) is 9.59 Å². The van der Waals surface area contributed by atoms with Crippen LogP contribution in [-0.2, 0) is 14.3 Å². The van der Waals surface area contributed by atoms with Gasteiger partial charge in [0.2, 0.25) is 5.91 Å². The number of esters is 1. The zero-order valence-corrected chi connectivity index (χ0v) is 10.9. The van der Waals surface area contributed by atoms with Crippen LogP contribution in [0, 0.1) is 11.8 Å². The molecule has 1 N–H and O–H groups in total. The van der Waals surface area contributed by atoms with Crippen molar-refractivity contribution < 1.29 is 19.1 Å². The highest BCUT2D eigenvalue weighted by Crippen LogP contribution is 2.11. The maximum absolute atomic E-state index is 10.9. The molecule has 0 aromatic heterocycles.